The van der Waals surface area contributed by atoms with Gasteiger partial charge in [0, 0.05) is 5.69 Å². The second-order valence-electron chi connectivity index (χ2n) is 5.19. The van der Waals surface area contributed by atoms with Gasteiger partial charge in [0.05, 0.1) is 18.8 Å². The van der Waals surface area contributed by atoms with E-state index in [-0.39, 0.29) is 6.61 Å². The van der Waals surface area contributed by atoms with Crippen LogP contribution in [0, 0.1) is 0 Å². The molecule has 0 bridgehead atoms. The number of carbonyl (C=O) groups is 1. The van der Waals surface area contributed by atoms with Crippen molar-refractivity contribution in [1.29, 1.82) is 0 Å². The number of ether oxygens (including phenoxy) is 2. The average Bonchev–Trinajstić information content (AvgIpc) is 2.56. The van der Waals surface area contributed by atoms with E-state index in [4.69, 9.17) is 14.6 Å². The third-order valence-electron chi connectivity index (χ3n) is 3.60. The van der Waals surface area contributed by atoms with E-state index in [1.165, 1.54) is 0 Å². The molecule has 1 unspecified atom stereocenters. The normalized spacial score (nSPS) is 30.7. The molecule has 0 aliphatic carbocycles. The van der Waals surface area contributed by atoms with E-state index in [1.807, 2.05) is 0 Å². The van der Waals surface area contributed by atoms with Gasteiger partial charge in [-0.15, -0.1) is 0 Å². The Bertz CT molecular complexity index is 519. The molecule has 0 aromatic heterocycles. The molecule has 1 aromatic rings. The van der Waals surface area contributed by atoms with Crippen molar-refractivity contribution in [2.75, 3.05) is 18.5 Å². The second-order valence-corrected chi connectivity index (χ2v) is 5.19. The van der Waals surface area contributed by atoms with Crippen LogP contribution in [0.5, 0.6) is 0 Å². The van der Waals surface area contributed by atoms with Gasteiger partial charge in [-0.05, 0) is 31.2 Å². The molecular weight excluding hydrogens is 306 g/mol. The van der Waals surface area contributed by atoms with Crippen LogP contribution < -0.4 is 5.32 Å². The monoisotopic (exact) mass is 327 g/mol. The van der Waals surface area contributed by atoms with Crippen LogP contribution in [-0.4, -0.2) is 70.3 Å². The van der Waals surface area contributed by atoms with Gasteiger partial charge in [-0.25, -0.2) is 4.79 Å². The van der Waals surface area contributed by atoms with Gasteiger partial charge in [0.15, 0.2) is 6.23 Å². The lowest BCUT2D eigenvalue weighted by Gasteiger charge is -2.40. The first-order chi connectivity index (χ1) is 11.0. The summed E-state index contributed by atoms with van der Waals surface area (Å²) >= 11 is 0. The molecule has 1 aliphatic rings. The fourth-order valence-electron chi connectivity index (χ4n) is 2.30. The van der Waals surface area contributed by atoms with Gasteiger partial charge in [-0.3, -0.25) is 0 Å². The molecule has 23 heavy (non-hydrogen) atoms. The number of carbonyl (C=O) groups excluding carboxylic acids is 1. The number of esters is 1. The molecule has 0 spiro atoms. The molecule has 1 heterocycles. The van der Waals surface area contributed by atoms with Crippen LogP contribution in [0.3, 0.4) is 0 Å². The predicted molar refractivity (Wildman–Crippen MR) is 79.8 cm³/mol. The van der Waals surface area contributed by atoms with Crippen LogP contribution in [0.15, 0.2) is 24.3 Å². The molecule has 2 rings (SSSR count). The van der Waals surface area contributed by atoms with E-state index in [0.29, 0.717) is 11.3 Å². The Balaban J connectivity index is 2.04. The van der Waals surface area contributed by atoms with Gasteiger partial charge in [0.2, 0.25) is 0 Å². The molecule has 0 saturated carbocycles. The summed E-state index contributed by atoms with van der Waals surface area (Å²) < 4.78 is 10.2. The molecule has 8 heteroatoms. The minimum atomic E-state index is -1.45. The highest BCUT2D eigenvalue weighted by molar-refractivity contribution is 5.89. The minimum absolute atomic E-state index is 0.281. The van der Waals surface area contributed by atoms with E-state index in [2.05, 4.69) is 5.32 Å². The number of benzene rings is 1. The zero-order chi connectivity index (χ0) is 17.0. The Morgan fingerprint density at radius 1 is 1.17 bits per heavy atom. The van der Waals surface area contributed by atoms with Gasteiger partial charge in [-0.2, -0.15) is 0 Å². The van der Waals surface area contributed by atoms with Gasteiger partial charge in [0.1, 0.15) is 24.4 Å². The third kappa shape index (κ3) is 3.98. The molecule has 5 atom stereocenters. The van der Waals surface area contributed by atoms with Crippen molar-refractivity contribution in [1.82, 2.24) is 0 Å². The van der Waals surface area contributed by atoms with Crippen molar-refractivity contribution < 1.29 is 34.7 Å². The highest BCUT2D eigenvalue weighted by Crippen LogP contribution is 2.23. The number of hydrogen-bond donors (Lipinski definition) is 5. The van der Waals surface area contributed by atoms with E-state index in [0.717, 1.165) is 0 Å². The SMILES string of the molecule is CCOC(=O)c1ccc(NC2O[C@H](CO)[C@@H](O)[C@H](O)[C@@H]2O)cc1. The van der Waals surface area contributed by atoms with Crippen LogP contribution in [0.1, 0.15) is 17.3 Å². The first kappa shape index (κ1) is 17.6. The van der Waals surface area contributed by atoms with E-state index < -0.39 is 43.2 Å². The number of rotatable bonds is 5. The quantitative estimate of drug-likeness (QED) is 0.439. The van der Waals surface area contributed by atoms with Crippen molar-refractivity contribution in [2.45, 2.75) is 37.6 Å². The van der Waals surface area contributed by atoms with Crippen LogP contribution in [-0.2, 0) is 9.47 Å². The Labute approximate surface area is 133 Å². The summed E-state index contributed by atoms with van der Waals surface area (Å²) in [5, 5.41) is 41.4. The van der Waals surface area contributed by atoms with Crippen molar-refractivity contribution in [3.63, 3.8) is 0 Å². The smallest absolute Gasteiger partial charge is 0.338 e. The Hall–Kier alpha value is -1.71. The predicted octanol–water partition coefficient (Wildman–Crippen LogP) is -0.925. The van der Waals surface area contributed by atoms with E-state index >= 15 is 0 Å². The number of anilines is 1. The van der Waals surface area contributed by atoms with Gasteiger partial charge < -0.3 is 35.2 Å². The summed E-state index contributed by atoms with van der Waals surface area (Å²) in [7, 11) is 0. The molecule has 0 radical (unpaired) electrons. The zero-order valence-corrected chi connectivity index (χ0v) is 12.6. The third-order valence-corrected chi connectivity index (χ3v) is 3.60. The van der Waals surface area contributed by atoms with Crippen molar-refractivity contribution >= 4 is 11.7 Å². The molecule has 5 N–H and O–H groups in total. The van der Waals surface area contributed by atoms with Crippen LogP contribution in [0.4, 0.5) is 5.69 Å². The average molecular weight is 327 g/mol. The number of aliphatic hydroxyl groups excluding tert-OH is 4. The van der Waals surface area contributed by atoms with Crippen molar-refractivity contribution in [2.24, 2.45) is 0 Å². The topological polar surface area (TPSA) is 128 Å². The fraction of sp³-hybridized carbons (Fsp3) is 0.533. The van der Waals surface area contributed by atoms with Gasteiger partial charge in [0.25, 0.3) is 0 Å². The van der Waals surface area contributed by atoms with Crippen molar-refractivity contribution in [3.05, 3.63) is 29.8 Å². The standard InChI is InChI=1S/C15H21NO7/c1-2-22-15(21)8-3-5-9(6-4-8)16-14-13(20)12(19)11(18)10(7-17)23-14/h3-6,10-14,16-20H,2,7H2,1H3/t10-,11-,12+,13+,14?/m1/s1. The molecule has 0 amide bonds. The largest absolute Gasteiger partial charge is 0.462 e. The summed E-state index contributed by atoms with van der Waals surface area (Å²) in [6.45, 7) is 1.50. The lowest BCUT2D eigenvalue weighted by atomic mass is 9.98. The number of hydrogen-bond acceptors (Lipinski definition) is 8. The lowest BCUT2D eigenvalue weighted by molar-refractivity contribution is -0.221. The highest BCUT2D eigenvalue weighted by Gasteiger charge is 2.43. The number of aliphatic hydroxyl groups is 4. The molecule has 128 valence electrons. The molecular formula is C15H21NO7. The summed E-state index contributed by atoms with van der Waals surface area (Å²) in [5.74, 6) is -0.438. The maximum atomic E-state index is 11.6. The fourth-order valence-corrected chi connectivity index (χ4v) is 2.30. The lowest BCUT2D eigenvalue weighted by Crippen LogP contribution is -2.60. The summed E-state index contributed by atoms with van der Waals surface area (Å²) in [4.78, 5) is 11.6. The molecule has 1 saturated heterocycles. The second kappa shape index (κ2) is 7.71. The maximum absolute atomic E-state index is 11.6. The highest BCUT2D eigenvalue weighted by atomic mass is 16.6. The molecule has 8 nitrogen and oxygen atoms in total. The summed E-state index contributed by atoms with van der Waals surface area (Å²) in [6, 6.07) is 6.27. The Kier molecular flexibility index (Phi) is 5.91. The van der Waals surface area contributed by atoms with Crippen LogP contribution in [0.2, 0.25) is 0 Å². The first-order valence-corrected chi connectivity index (χ1v) is 7.32. The van der Waals surface area contributed by atoms with Gasteiger partial charge in [-0.1, -0.05) is 0 Å². The van der Waals surface area contributed by atoms with E-state index in [9.17, 15) is 20.1 Å². The number of nitrogens with one attached hydrogen (secondary N) is 1. The Morgan fingerprint density at radius 3 is 2.39 bits per heavy atom. The summed E-state index contributed by atoms with van der Waals surface area (Å²) in [5.41, 5.74) is 0.911. The van der Waals surface area contributed by atoms with Crippen LogP contribution in [0.25, 0.3) is 0 Å². The molecule has 1 fully saturated rings. The summed E-state index contributed by atoms with van der Waals surface area (Å²) in [6.07, 6.45) is -6.22. The van der Waals surface area contributed by atoms with Crippen LogP contribution >= 0.6 is 0 Å². The van der Waals surface area contributed by atoms with Gasteiger partial charge >= 0.3 is 5.97 Å². The molecule has 1 aromatic carbocycles. The minimum Gasteiger partial charge on any atom is -0.462 e. The zero-order valence-electron chi connectivity index (χ0n) is 12.6. The molecule has 1 aliphatic heterocycles. The first-order valence-electron chi connectivity index (χ1n) is 7.32. The maximum Gasteiger partial charge on any atom is 0.338 e. The Morgan fingerprint density at radius 2 is 1.83 bits per heavy atom. The van der Waals surface area contributed by atoms with Crippen molar-refractivity contribution in [3.8, 4) is 0 Å². The van der Waals surface area contributed by atoms with E-state index in [1.54, 1.807) is 31.2 Å².